The molecule has 2 aromatic rings. The summed E-state index contributed by atoms with van der Waals surface area (Å²) in [6.07, 6.45) is 0.0742. The van der Waals surface area contributed by atoms with Crippen LogP contribution in [0.5, 0.6) is 0 Å². The molecule has 2 rings (SSSR count). The van der Waals surface area contributed by atoms with Crippen LogP contribution < -0.4 is 5.32 Å². The van der Waals surface area contributed by atoms with Crippen LogP contribution in [0.2, 0.25) is 5.02 Å². The van der Waals surface area contributed by atoms with Crippen molar-refractivity contribution in [2.24, 2.45) is 0 Å². The van der Waals surface area contributed by atoms with Crippen molar-refractivity contribution in [1.29, 1.82) is 0 Å². The molecule has 0 fully saturated rings. The number of alkyl carbamates (subject to hydrolysis) is 1. The van der Waals surface area contributed by atoms with Crippen LogP contribution in [0.3, 0.4) is 0 Å². The van der Waals surface area contributed by atoms with E-state index >= 15 is 0 Å². The van der Waals surface area contributed by atoms with Crippen molar-refractivity contribution < 1.29 is 32.2 Å². The number of hydrogen-bond donors (Lipinski definition) is 2. The third kappa shape index (κ3) is 7.52. The van der Waals surface area contributed by atoms with Crippen LogP contribution in [-0.2, 0) is 27.7 Å². The molecule has 0 bridgehead atoms. The second kappa shape index (κ2) is 11.4. The summed E-state index contributed by atoms with van der Waals surface area (Å²) in [4.78, 5) is 23.6. The maximum absolute atomic E-state index is 14.6. The second-order valence-corrected chi connectivity index (χ2v) is 11.7. The molecule has 10 nitrogen and oxygen atoms in total. The minimum absolute atomic E-state index is 0.0198. The van der Waals surface area contributed by atoms with E-state index in [1.54, 1.807) is 27.7 Å². The highest BCUT2D eigenvalue weighted by molar-refractivity contribution is 7.89. The maximum Gasteiger partial charge on any atom is 0.407 e. The van der Waals surface area contributed by atoms with Gasteiger partial charge in [-0.25, -0.2) is 26.7 Å². The standard InChI is InChI=1S/C23H30ClFN4O6S/c1-14-17(12-16(25)9-10-26-22(32)35-23(2,3)4)20(21(30)31)29(27-14)13-15-7-8-19(18(24)11-15)36(33,34)28(5)6/h7-9,11H,10,12-13H2,1-6H3,(H,26,32)(H,30,31). The van der Waals surface area contributed by atoms with E-state index in [0.717, 1.165) is 10.4 Å². The number of carboxylic acids is 1. The predicted molar refractivity (Wildman–Crippen MR) is 132 cm³/mol. The summed E-state index contributed by atoms with van der Waals surface area (Å²) in [5.41, 5.74) is 0.0871. The van der Waals surface area contributed by atoms with E-state index < -0.39 is 33.5 Å². The zero-order valence-corrected chi connectivity index (χ0v) is 22.5. The molecular weight excluding hydrogens is 515 g/mol. The Balaban J connectivity index is 2.24. The number of sulfonamides is 1. The van der Waals surface area contributed by atoms with Crippen molar-refractivity contribution in [1.82, 2.24) is 19.4 Å². The maximum atomic E-state index is 14.6. The number of allylic oxidation sites excluding steroid dienone is 1. The fourth-order valence-electron chi connectivity index (χ4n) is 3.21. The summed E-state index contributed by atoms with van der Waals surface area (Å²) in [6.45, 7) is 6.48. The number of rotatable bonds is 9. The Morgan fingerprint density at radius 2 is 1.94 bits per heavy atom. The van der Waals surface area contributed by atoms with E-state index in [1.807, 2.05) is 0 Å². The molecule has 1 aromatic carbocycles. The number of benzene rings is 1. The molecule has 0 saturated carbocycles. The van der Waals surface area contributed by atoms with Gasteiger partial charge in [-0.3, -0.25) is 4.68 Å². The van der Waals surface area contributed by atoms with E-state index in [1.165, 1.54) is 37.0 Å². The first-order valence-corrected chi connectivity index (χ1v) is 12.7. The van der Waals surface area contributed by atoms with E-state index in [0.29, 0.717) is 11.3 Å². The van der Waals surface area contributed by atoms with Crippen LogP contribution in [0.25, 0.3) is 0 Å². The summed E-state index contributed by atoms with van der Waals surface area (Å²) in [5, 5.41) is 16.4. The highest BCUT2D eigenvalue weighted by atomic mass is 35.5. The zero-order chi connectivity index (χ0) is 27.4. The Labute approximate surface area is 214 Å². The molecule has 0 spiro atoms. The van der Waals surface area contributed by atoms with Gasteiger partial charge in [0.2, 0.25) is 10.0 Å². The van der Waals surface area contributed by atoms with Crippen molar-refractivity contribution in [3.8, 4) is 0 Å². The molecule has 36 heavy (non-hydrogen) atoms. The van der Waals surface area contributed by atoms with Crippen LogP contribution in [0, 0.1) is 6.92 Å². The molecule has 0 radical (unpaired) electrons. The number of aromatic carboxylic acids is 1. The number of nitrogens with zero attached hydrogens (tertiary/aromatic N) is 3. The Bertz CT molecular complexity index is 1280. The summed E-state index contributed by atoms with van der Waals surface area (Å²) in [6, 6.07) is 4.27. The Morgan fingerprint density at radius 1 is 1.31 bits per heavy atom. The minimum Gasteiger partial charge on any atom is -0.477 e. The number of halogens is 2. The molecular formula is C23H30ClFN4O6S. The monoisotopic (exact) mass is 544 g/mol. The molecule has 0 atom stereocenters. The average Bonchev–Trinajstić information content (AvgIpc) is 3.01. The SMILES string of the molecule is Cc1nn(Cc2ccc(S(=O)(=O)N(C)C)c(Cl)c2)c(C(=O)O)c1CC(F)=CCNC(=O)OC(C)(C)C. The highest BCUT2D eigenvalue weighted by Crippen LogP contribution is 2.26. The number of carboxylic acid groups (broad SMARTS) is 1. The minimum atomic E-state index is -3.75. The number of aryl methyl sites for hydroxylation is 1. The van der Waals surface area contributed by atoms with Gasteiger partial charge in [0.15, 0.2) is 5.69 Å². The summed E-state index contributed by atoms with van der Waals surface area (Å²) >= 11 is 6.19. The molecule has 0 aliphatic carbocycles. The first-order valence-electron chi connectivity index (χ1n) is 10.8. The molecule has 2 N–H and O–H groups in total. The molecule has 1 heterocycles. The lowest BCUT2D eigenvalue weighted by molar-refractivity contribution is 0.0533. The largest absolute Gasteiger partial charge is 0.477 e. The Morgan fingerprint density at radius 3 is 2.47 bits per heavy atom. The number of carbonyl (C=O) groups excluding carboxylic acids is 1. The van der Waals surface area contributed by atoms with Gasteiger partial charge in [0, 0.05) is 32.6 Å². The lowest BCUT2D eigenvalue weighted by Crippen LogP contribution is -2.32. The van der Waals surface area contributed by atoms with Gasteiger partial charge in [-0.2, -0.15) is 5.10 Å². The van der Waals surface area contributed by atoms with Gasteiger partial charge >= 0.3 is 12.1 Å². The van der Waals surface area contributed by atoms with Gasteiger partial charge in [-0.05, 0) is 51.5 Å². The lowest BCUT2D eigenvalue weighted by Gasteiger charge is -2.19. The quantitative estimate of drug-likeness (QED) is 0.491. The third-order valence-corrected chi connectivity index (χ3v) is 7.15. The Hall–Kier alpha value is -2.96. The van der Waals surface area contributed by atoms with Gasteiger partial charge in [0.1, 0.15) is 16.3 Å². The zero-order valence-electron chi connectivity index (χ0n) is 20.9. The molecule has 198 valence electrons. The summed E-state index contributed by atoms with van der Waals surface area (Å²) in [5.74, 6) is -1.96. The number of ether oxygens (including phenoxy) is 1. The first-order chi connectivity index (χ1) is 16.5. The third-order valence-electron chi connectivity index (χ3n) is 4.86. The van der Waals surface area contributed by atoms with E-state index in [4.69, 9.17) is 16.3 Å². The van der Waals surface area contributed by atoms with Gasteiger partial charge in [-0.1, -0.05) is 17.7 Å². The van der Waals surface area contributed by atoms with Crippen molar-refractivity contribution in [2.75, 3.05) is 20.6 Å². The molecule has 0 aliphatic heterocycles. The number of aromatic nitrogens is 2. The van der Waals surface area contributed by atoms with Gasteiger partial charge in [0.05, 0.1) is 17.3 Å². The molecule has 0 unspecified atom stereocenters. The van der Waals surface area contributed by atoms with Gasteiger partial charge < -0.3 is 15.2 Å². The highest BCUT2D eigenvalue weighted by Gasteiger charge is 2.24. The van der Waals surface area contributed by atoms with E-state index in [9.17, 15) is 27.5 Å². The average molecular weight is 545 g/mol. The number of carbonyl (C=O) groups is 2. The van der Waals surface area contributed by atoms with Gasteiger partial charge in [-0.15, -0.1) is 0 Å². The van der Waals surface area contributed by atoms with Crippen LogP contribution in [0.15, 0.2) is 35.0 Å². The van der Waals surface area contributed by atoms with Crippen LogP contribution >= 0.6 is 11.6 Å². The molecule has 1 amide bonds. The second-order valence-electron chi connectivity index (χ2n) is 9.14. The fraction of sp³-hybridized carbons (Fsp3) is 0.435. The molecule has 13 heteroatoms. The normalized spacial score (nSPS) is 12.6. The lowest BCUT2D eigenvalue weighted by atomic mass is 10.1. The predicted octanol–water partition coefficient (Wildman–Crippen LogP) is 3.76. The summed E-state index contributed by atoms with van der Waals surface area (Å²) in [7, 11) is -0.989. The van der Waals surface area contributed by atoms with Crippen LogP contribution in [-0.4, -0.2) is 65.9 Å². The van der Waals surface area contributed by atoms with Gasteiger partial charge in [0.25, 0.3) is 0 Å². The van der Waals surface area contributed by atoms with Crippen molar-refractivity contribution >= 4 is 33.7 Å². The van der Waals surface area contributed by atoms with Crippen molar-refractivity contribution in [2.45, 2.75) is 51.2 Å². The topological polar surface area (TPSA) is 131 Å². The fourth-order valence-corrected chi connectivity index (χ4v) is 4.64. The Kier molecular flexibility index (Phi) is 9.27. The smallest absolute Gasteiger partial charge is 0.407 e. The molecule has 1 aromatic heterocycles. The van der Waals surface area contributed by atoms with E-state index in [-0.39, 0.29) is 40.7 Å². The first kappa shape index (κ1) is 29.3. The van der Waals surface area contributed by atoms with Crippen LogP contribution in [0.1, 0.15) is 48.1 Å². The molecule has 0 saturated heterocycles. The van der Waals surface area contributed by atoms with Crippen LogP contribution in [0.4, 0.5) is 9.18 Å². The molecule has 0 aliphatic rings. The van der Waals surface area contributed by atoms with Crippen molar-refractivity contribution in [3.05, 3.63) is 57.6 Å². The summed E-state index contributed by atoms with van der Waals surface area (Å²) < 4.78 is 46.6. The number of hydrogen-bond acceptors (Lipinski definition) is 6. The number of nitrogens with one attached hydrogen (secondary N) is 1. The number of amides is 1. The van der Waals surface area contributed by atoms with Crippen molar-refractivity contribution in [3.63, 3.8) is 0 Å². The van der Waals surface area contributed by atoms with E-state index in [2.05, 4.69) is 10.4 Å².